The van der Waals surface area contributed by atoms with E-state index in [1.165, 1.54) is 13.2 Å². The fraction of sp³-hybridized carbons (Fsp3) is 0.550. The molecule has 7 nitrogen and oxygen atoms in total. The lowest BCUT2D eigenvalue weighted by molar-refractivity contribution is -0.143. The Balaban J connectivity index is 1.50. The SMILES string of the molecule is COc1cc(CCNC(=O)CN2C(=O)[C@@H]3CCCC[C@H]3C2=O)ccc1OC(F)F. The third-order valence-electron chi connectivity index (χ3n) is 5.41. The van der Waals surface area contributed by atoms with Gasteiger partial charge in [0.05, 0.1) is 18.9 Å². The standard InChI is InChI=1S/C20H24F2N2O5/c1-28-16-10-12(6-7-15(16)29-20(21)22)8-9-23-17(25)11-24-18(26)13-4-2-3-5-14(13)19(24)27/h6-7,10,13-14,20H,2-5,8-9,11H2,1H3,(H,23,25)/t13-,14-/m1/s1. The summed E-state index contributed by atoms with van der Waals surface area (Å²) in [6, 6.07) is 4.54. The van der Waals surface area contributed by atoms with Gasteiger partial charge in [0.15, 0.2) is 11.5 Å². The number of carbonyl (C=O) groups excluding carboxylic acids is 3. The zero-order valence-electron chi connectivity index (χ0n) is 16.2. The molecule has 2 fully saturated rings. The number of likely N-dealkylation sites (tertiary alicyclic amines) is 1. The van der Waals surface area contributed by atoms with Crippen molar-refractivity contribution in [1.29, 1.82) is 0 Å². The number of imide groups is 1. The van der Waals surface area contributed by atoms with Crippen LogP contribution in [0, 0.1) is 11.8 Å². The molecule has 158 valence electrons. The lowest BCUT2D eigenvalue weighted by atomic mass is 9.81. The van der Waals surface area contributed by atoms with E-state index in [0.717, 1.165) is 23.3 Å². The molecule has 9 heteroatoms. The summed E-state index contributed by atoms with van der Waals surface area (Å²) in [4.78, 5) is 38.1. The second-order valence-corrected chi connectivity index (χ2v) is 7.22. The van der Waals surface area contributed by atoms with E-state index in [1.807, 2.05) is 0 Å². The number of carbonyl (C=O) groups is 3. The zero-order chi connectivity index (χ0) is 21.0. The van der Waals surface area contributed by atoms with E-state index in [4.69, 9.17) is 4.74 Å². The van der Waals surface area contributed by atoms with E-state index in [2.05, 4.69) is 10.1 Å². The van der Waals surface area contributed by atoms with Crippen LogP contribution in [0.2, 0.25) is 0 Å². The highest BCUT2D eigenvalue weighted by molar-refractivity contribution is 6.07. The third kappa shape index (κ3) is 4.83. The highest BCUT2D eigenvalue weighted by Gasteiger charge is 2.48. The molecule has 1 saturated heterocycles. The minimum Gasteiger partial charge on any atom is -0.493 e. The summed E-state index contributed by atoms with van der Waals surface area (Å²) in [5.41, 5.74) is 0.753. The Morgan fingerprint density at radius 1 is 1.17 bits per heavy atom. The van der Waals surface area contributed by atoms with Gasteiger partial charge in [-0.1, -0.05) is 18.9 Å². The van der Waals surface area contributed by atoms with Gasteiger partial charge in [-0.05, 0) is 37.0 Å². The molecule has 1 aliphatic carbocycles. The van der Waals surface area contributed by atoms with Gasteiger partial charge in [0.2, 0.25) is 17.7 Å². The van der Waals surface area contributed by atoms with Crippen LogP contribution in [-0.4, -0.2) is 49.4 Å². The molecule has 3 rings (SSSR count). The normalized spacial score (nSPS) is 21.3. The monoisotopic (exact) mass is 410 g/mol. The van der Waals surface area contributed by atoms with Gasteiger partial charge in [0.1, 0.15) is 6.54 Å². The highest BCUT2D eigenvalue weighted by atomic mass is 19.3. The molecule has 29 heavy (non-hydrogen) atoms. The molecule has 0 unspecified atom stereocenters. The van der Waals surface area contributed by atoms with Crippen LogP contribution in [0.15, 0.2) is 18.2 Å². The highest BCUT2D eigenvalue weighted by Crippen LogP contribution is 2.37. The van der Waals surface area contributed by atoms with E-state index in [9.17, 15) is 23.2 Å². The molecule has 1 aromatic carbocycles. The Labute approximate surface area is 167 Å². The molecule has 1 aromatic rings. The molecule has 0 bridgehead atoms. The molecule has 1 heterocycles. The number of alkyl halides is 2. The van der Waals surface area contributed by atoms with Crippen molar-refractivity contribution in [3.63, 3.8) is 0 Å². The number of amides is 3. The van der Waals surface area contributed by atoms with Crippen molar-refractivity contribution in [2.75, 3.05) is 20.2 Å². The van der Waals surface area contributed by atoms with E-state index in [1.54, 1.807) is 12.1 Å². The molecule has 2 atom stereocenters. The zero-order valence-corrected chi connectivity index (χ0v) is 16.2. The van der Waals surface area contributed by atoms with Gasteiger partial charge in [0, 0.05) is 6.54 Å². The van der Waals surface area contributed by atoms with E-state index < -0.39 is 12.5 Å². The maximum atomic E-state index is 12.4. The number of nitrogens with zero attached hydrogens (tertiary/aromatic N) is 1. The van der Waals surface area contributed by atoms with Gasteiger partial charge in [-0.3, -0.25) is 19.3 Å². The predicted octanol–water partition coefficient (Wildman–Crippen LogP) is 2.13. The molecular formula is C20H24F2N2O5. The summed E-state index contributed by atoms with van der Waals surface area (Å²) in [5, 5.41) is 2.69. The number of methoxy groups -OCH3 is 1. The number of hydrogen-bond acceptors (Lipinski definition) is 5. The van der Waals surface area contributed by atoms with Crippen molar-refractivity contribution in [1.82, 2.24) is 10.2 Å². The maximum Gasteiger partial charge on any atom is 0.387 e. The third-order valence-corrected chi connectivity index (χ3v) is 5.41. The molecule has 0 radical (unpaired) electrons. The molecule has 2 aliphatic rings. The first-order valence-corrected chi connectivity index (χ1v) is 9.64. The fourth-order valence-electron chi connectivity index (χ4n) is 3.99. The van der Waals surface area contributed by atoms with Crippen LogP contribution in [0.25, 0.3) is 0 Å². The topological polar surface area (TPSA) is 84.9 Å². The Hall–Kier alpha value is -2.71. The number of fused-ring (bicyclic) bond motifs is 1. The van der Waals surface area contributed by atoms with Crippen molar-refractivity contribution in [3.8, 4) is 11.5 Å². The summed E-state index contributed by atoms with van der Waals surface area (Å²) in [6.07, 6.45) is 3.71. The van der Waals surface area contributed by atoms with Crippen molar-refractivity contribution >= 4 is 17.7 Å². The lowest BCUT2D eigenvalue weighted by Crippen LogP contribution is -2.41. The second kappa shape index (κ2) is 9.19. The minimum absolute atomic E-state index is 0.0668. The number of benzene rings is 1. The largest absolute Gasteiger partial charge is 0.493 e. The predicted molar refractivity (Wildman–Crippen MR) is 98.5 cm³/mol. The van der Waals surface area contributed by atoms with Crippen LogP contribution in [0.4, 0.5) is 8.78 Å². The average Bonchev–Trinajstić information content (AvgIpc) is 2.94. The molecule has 0 spiro atoms. The Bertz CT molecular complexity index is 762. The molecule has 1 aliphatic heterocycles. The summed E-state index contributed by atoms with van der Waals surface area (Å²) >= 11 is 0. The number of rotatable bonds is 8. The quantitative estimate of drug-likeness (QED) is 0.664. The lowest BCUT2D eigenvalue weighted by Gasteiger charge is -2.19. The van der Waals surface area contributed by atoms with Crippen LogP contribution in [0.5, 0.6) is 11.5 Å². The van der Waals surface area contributed by atoms with E-state index >= 15 is 0 Å². The smallest absolute Gasteiger partial charge is 0.387 e. The molecule has 1 N–H and O–H groups in total. The Morgan fingerprint density at radius 3 is 2.41 bits per heavy atom. The van der Waals surface area contributed by atoms with Crippen molar-refractivity contribution in [2.24, 2.45) is 11.8 Å². The van der Waals surface area contributed by atoms with Crippen LogP contribution in [0.3, 0.4) is 0 Å². The average molecular weight is 410 g/mol. The number of hydrogen-bond donors (Lipinski definition) is 1. The summed E-state index contributed by atoms with van der Waals surface area (Å²) in [6.45, 7) is -2.95. The summed E-state index contributed by atoms with van der Waals surface area (Å²) < 4.78 is 34.2. The van der Waals surface area contributed by atoms with Gasteiger partial charge in [-0.15, -0.1) is 0 Å². The first kappa shape index (κ1) is 21.0. The first-order valence-electron chi connectivity index (χ1n) is 9.64. The summed E-state index contributed by atoms with van der Waals surface area (Å²) in [7, 11) is 1.35. The summed E-state index contributed by atoms with van der Waals surface area (Å²) in [5.74, 6) is -1.33. The van der Waals surface area contributed by atoms with Gasteiger partial charge < -0.3 is 14.8 Å². The maximum absolute atomic E-state index is 12.4. The molecular weight excluding hydrogens is 386 g/mol. The fourth-order valence-corrected chi connectivity index (χ4v) is 3.99. The van der Waals surface area contributed by atoms with Crippen molar-refractivity contribution < 1.29 is 32.6 Å². The second-order valence-electron chi connectivity index (χ2n) is 7.22. The van der Waals surface area contributed by atoms with Crippen LogP contribution >= 0.6 is 0 Å². The number of ether oxygens (including phenoxy) is 2. The van der Waals surface area contributed by atoms with Crippen molar-refractivity contribution in [2.45, 2.75) is 38.7 Å². The van der Waals surface area contributed by atoms with Gasteiger partial charge in [-0.25, -0.2) is 0 Å². The van der Waals surface area contributed by atoms with E-state index in [0.29, 0.717) is 19.3 Å². The number of nitrogens with one attached hydrogen (secondary N) is 1. The van der Waals surface area contributed by atoms with Crippen LogP contribution in [0.1, 0.15) is 31.2 Å². The first-order chi connectivity index (χ1) is 13.9. The Kier molecular flexibility index (Phi) is 6.66. The van der Waals surface area contributed by atoms with Crippen LogP contribution in [-0.2, 0) is 20.8 Å². The molecule has 1 saturated carbocycles. The minimum atomic E-state index is -2.95. The van der Waals surface area contributed by atoms with Gasteiger partial charge >= 0.3 is 6.61 Å². The van der Waals surface area contributed by atoms with Gasteiger partial charge in [-0.2, -0.15) is 8.78 Å². The van der Waals surface area contributed by atoms with Crippen LogP contribution < -0.4 is 14.8 Å². The number of halogens is 2. The van der Waals surface area contributed by atoms with Gasteiger partial charge in [0.25, 0.3) is 0 Å². The molecule has 0 aromatic heterocycles. The molecule has 3 amide bonds. The van der Waals surface area contributed by atoms with Crippen molar-refractivity contribution in [3.05, 3.63) is 23.8 Å². The Morgan fingerprint density at radius 2 is 1.83 bits per heavy atom. The van der Waals surface area contributed by atoms with E-state index in [-0.39, 0.29) is 48.2 Å².